The summed E-state index contributed by atoms with van der Waals surface area (Å²) in [6, 6.07) is 8.06. The molecule has 28 heavy (non-hydrogen) atoms. The Bertz CT molecular complexity index is 706. The van der Waals surface area contributed by atoms with Crippen LogP contribution in [0.3, 0.4) is 0 Å². The van der Waals surface area contributed by atoms with Crippen LogP contribution in [-0.4, -0.2) is 53.4 Å². The summed E-state index contributed by atoms with van der Waals surface area (Å²) >= 11 is 1.41. The van der Waals surface area contributed by atoms with E-state index < -0.39 is 0 Å². The fourth-order valence-corrected chi connectivity index (χ4v) is 3.57. The van der Waals surface area contributed by atoms with Crippen LogP contribution in [0.2, 0.25) is 0 Å². The molecular formula is C18H28Cl3N5OS. The number of rotatable bonds is 6. The van der Waals surface area contributed by atoms with Crippen molar-refractivity contribution >= 4 is 60.2 Å². The zero-order valence-corrected chi connectivity index (χ0v) is 19.1. The maximum atomic E-state index is 12.2. The number of carbonyl (C=O) groups excluding carboxylic acids is 1. The highest BCUT2D eigenvalue weighted by Crippen LogP contribution is 2.15. The van der Waals surface area contributed by atoms with E-state index in [1.807, 2.05) is 12.1 Å². The van der Waals surface area contributed by atoms with Crippen LogP contribution in [0.1, 0.15) is 28.0 Å². The van der Waals surface area contributed by atoms with Crippen molar-refractivity contribution in [2.24, 2.45) is 5.73 Å². The molecule has 6 nitrogen and oxygen atoms in total. The molecule has 2 aromatic rings. The molecule has 1 fully saturated rings. The Hall–Kier alpha value is -0.930. The van der Waals surface area contributed by atoms with Crippen LogP contribution < -0.4 is 11.1 Å². The molecule has 3 rings (SSSR count). The van der Waals surface area contributed by atoms with Gasteiger partial charge in [-0.25, -0.2) is 4.98 Å². The van der Waals surface area contributed by atoms with E-state index in [4.69, 9.17) is 5.73 Å². The highest BCUT2D eigenvalue weighted by molar-refractivity contribution is 7.09. The SMILES string of the molecule is CCN1CCN(Cc2ccc(NC(=O)c3csc(CN)n3)cc2)CC1.Cl.Cl.Cl. The third-order valence-corrected chi connectivity index (χ3v) is 5.36. The van der Waals surface area contributed by atoms with Crippen molar-refractivity contribution in [1.82, 2.24) is 14.8 Å². The fraction of sp³-hybridized carbons (Fsp3) is 0.444. The van der Waals surface area contributed by atoms with Crippen LogP contribution in [0, 0.1) is 0 Å². The molecule has 1 aliphatic heterocycles. The average molecular weight is 469 g/mol. The molecule has 0 aliphatic carbocycles. The first-order chi connectivity index (χ1) is 12.2. The van der Waals surface area contributed by atoms with Crippen LogP contribution in [0.25, 0.3) is 0 Å². The average Bonchev–Trinajstić information content (AvgIpc) is 3.13. The van der Waals surface area contributed by atoms with Crippen molar-refractivity contribution < 1.29 is 4.79 Å². The van der Waals surface area contributed by atoms with E-state index in [0.29, 0.717) is 12.2 Å². The first-order valence-corrected chi connectivity index (χ1v) is 9.55. The maximum absolute atomic E-state index is 12.2. The van der Waals surface area contributed by atoms with E-state index in [1.54, 1.807) is 5.38 Å². The summed E-state index contributed by atoms with van der Waals surface area (Å²) in [4.78, 5) is 21.3. The monoisotopic (exact) mass is 467 g/mol. The number of amides is 1. The lowest BCUT2D eigenvalue weighted by molar-refractivity contribution is 0.102. The topological polar surface area (TPSA) is 74.5 Å². The van der Waals surface area contributed by atoms with Gasteiger partial charge in [-0.05, 0) is 24.2 Å². The molecule has 1 aliphatic rings. The number of likely N-dealkylation sites (N-methyl/N-ethyl adjacent to an activating group) is 1. The number of aromatic nitrogens is 1. The van der Waals surface area contributed by atoms with Crippen LogP contribution in [0.15, 0.2) is 29.6 Å². The summed E-state index contributed by atoms with van der Waals surface area (Å²) in [5.74, 6) is -0.195. The predicted octanol–water partition coefficient (Wildman–Crippen LogP) is 3.26. The van der Waals surface area contributed by atoms with Crippen LogP contribution >= 0.6 is 48.6 Å². The molecule has 0 atom stereocenters. The molecule has 2 heterocycles. The molecule has 10 heteroatoms. The molecule has 0 bridgehead atoms. The van der Waals surface area contributed by atoms with E-state index >= 15 is 0 Å². The number of anilines is 1. The Morgan fingerprint density at radius 3 is 2.25 bits per heavy atom. The number of halogens is 3. The Labute approximate surface area is 189 Å². The second kappa shape index (κ2) is 13.3. The lowest BCUT2D eigenvalue weighted by atomic mass is 10.1. The number of benzene rings is 1. The van der Waals surface area contributed by atoms with E-state index in [-0.39, 0.29) is 43.1 Å². The van der Waals surface area contributed by atoms with Gasteiger partial charge in [0.15, 0.2) is 0 Å². The van der Waals surface area contributed by atoms with Gasteiger partial charge >= 0.3 is 0 Å². The number of carbonyl (C=O) groups is 1. The molecule has 158 valence electrons. The zero-order chi connectivity index (χ0) is 17.6. The molecular weight excluding hydrogens is 441 g/mol. The molecule has 3 N–H and O–H groups in total. The second-order valence-corrected chi connectivity index (χ2v) is 7.13. The molecule has 1 aromatic heterocycles. The van der Waals surface area contributed by atoms with Crippen LogP contribution in [0.4, 0.5) is 5.69 Å². The number of nitrogens with zero attached hydrogens (tertiary/aromatic N) is 3. The standard InChI is InChI=1S/C18H25N5OS.3ClH/c1-2-22-7-9-23(10-8-22)12-14-3-5-15(6-4-14)20-18(24)16-13-25-17(11-19)21-16;;;/h3-6,13H,2,7-12,19H2,1H3,(H,20,24);3*1H. The minimum absolute atomic E-state index is 0. The molecule has 0 saturated carbocycles. The van der Waals surface area contributed by atoms with Crippen molar-refractivity contribution in [2.75, 3.05) is 38.0 Å². The summed E-state index contributed by atoms with van der Waals surface area (Å²) < 4.78 is 0. The van der Waals surface area contributed by atoms with Gasteiger partial charge in [0.2, 0.25) is 0 Å². The third kappa shape index (κ3) is 7.48. The van der Waals surface area contributed by atoms with Crippen LogP contribution in [-0.2, 0) is 13.1 Å². The van der Waals surface area contributed by atoms with Gasteiger partial charge in [-0.2, -0.15) is 0 Å². The number of nitrogens with two attached hydrogens (primary N) is 1. The normalized spacial score (nSPS) is 14.4. The number of thiazole rings is 1. The molecule has 0 radical (unpaired) electrons. The Morgan fingerprint density at radius 2 is 1.71 bits per heavy atom. The van der Waals surface area contributed by atoms with E-state index in [2.05, 4.69) is 39.2 Å². The molecule has 1 saturated heterocycles. The minimum atomic E-state index is -0.195. The van der Waals surface area contributed by atoms with E-state index in [9.17, 15) is 4.79 Å². The quantitative estimate of drug-likeness (QED) is 0.680. The van der Waals surface area contributed by atoms with Crippen molar-refractivity contribution in [3.63, 3.8) is 0 Å². The predicted molar refractivity (Wildman–Crippen MR) is 124 cm³/mol. The van der Waals surface area contributed by atoms with Gasteiger partial charge in [0.1, 0.15) is 10.7 Å². The third-order valence-electron chi connectivity index (χ3n) is 4.49. The van der Waals surface area contributed by atoms with Crippen molar-refractivity contribution in [3.8, 4) is 0 Å². The number of hydrogen-bond acceptors (Lipinski definition) is 6. The summed E-state index contributed by atoms with van der Waals surface area (Å²) in [6.45, 7) is 9.17. The molecule has 0 unspecified atom stereocenters. The van der Waals surface area contributed by atoms with Gasteiger partial charge in [0, 0.05) is 50.3 Å². The summed E-state index contributed by atoms with van der Waals surface area (Å²) in [5, 5.41) is 5.39. The van der Waals surface area contributed by atoms with Crippen molar-refractivity contribution in [1.29, 1.82) is 0 Å². The first kappa shape index (κ1) is 27.1. The fourth-order valence-electron chi connectivity index (χ4n) is 2.92. The van der Waals surface area contributed by atoms with Gasteiger partial charge < -0.3 is 16.0 Å². The number of hydrogen-bond donors (Lipinski definition) is 2. The Kier molecular flexibility index (Phi) is 12.9. The van der Waals surface area contributed by atoms with Gasteiger partial charge in [-0.15, -0.1) is 48.6 Å². The number of nitrogens with one attached hydrogen (secondary N) is 1. The minimum Gasteiger partial charge on any atom is -0.325 e. The van der Waals surface area contributed by atoms with Gasteiger partial charge in [-0.1, -0.05) is 19.1 Å². The summed E-state index contributed by atoms with van der Waals surface area (Å²) in [6.07, 6.45) is 0. The number of piperazine rings is 1. The second-order valence-electron chi connectivity index (χ2n) is 6.19. The highest BCUT2D eigenvalue weighted by atomic mass is 35.5. The van der Waals surface area contributed by atoms with E-state index in [0.717, 1.165) is 50.0 Å². The lowest BCUT2D eigenvalue weighted by Crippen LogP contribution is -2.45. The maximum Gasteiger partial charge on any atom is 0.275 e. The molecule has 0 spiro atoms. The molecule has 1 amide bonds. The van der Waals surface area contributed by atoms with Gasteiger partial charge in [-0.3, -0.25) is 9.69 Å². The van der Waals surface area contributed by atoms with Crippen molar-refractivity contribution in [2.45, 2.75) is 20.0 Å². The Balaban J connectivity index is 0.00000243. The van der Waals surface area contributed by atoms with Crippen molar-refractivity contribution in [3.05, 3.63) is 45.9 Å². The first-order valence-electron chi connectivity index (χ1n) is 8.67. The van der Waals surface area contributed by atoms with Gasteiger partial charge in [0.05, 0.1) is 0 Å². The smallest absolute Gasteiger partial charge is 0.275 e. The van der Waals surface area contributed by atoms with E-state index in [1.165, 1.54) is 16.9 Å². The lowest BCUT2D eigenvalue weighted by Gasteiger charge is -2.34. The zero-order valence-electron chi connectivity index (χ0n) is 15.8. The van der Waals surface area contributed by atoms with Gasteiger partial charge in [0.25, 0.3) is 5.91 Å². The largest absolute Gasteiger partial charge is 0.325 e. The highest BCUT2D eigenvalue weighted by Gasteiger charge is 2.15. The van der Waals surface area contributed by atoms with Crippen LogP contribution in [0.5, 0.6) is 0 Å². The Morgan fingerprint density at radius 1 is 1.11 bits per heavy atom. The summed E-state index contributed by atoms with van der Waals surface area (Å²) in [5.41, 5.74) is 8.00. The molecule has 1 aromatic carbocycles. The summed E-state index contributed by atoms with van der Waals surface area (Å²) in [7, 11) is 0.